The molecule has 1 unspecified atom stereocenters. The number of amides is 2. The van der Waals surface area contributed by atoms with Crippen LogP contribution in [0.25, 0.3) is 0 Å². The van der Waals surface area contributed by atoms with Crippen LogP contribution in [-0.2, 0) is 4.79 Å². The van der Waals surface area contributed by atoms with Crippen LogP contribution in [-0.4, -0.2) is 71.9 Å². The molecule has 1 fully saturated rings. The first kappa shape index (κ1) is 23.2. The summed E-state index contributed by atoms with van der Waals surface area (Å²) in [4.78, 5) is 35.8. The van der Waals surface area contributed by atoms with Crippen molar-refractivity contribution in [1.82, 2.24) is 14.8 Å². The summed E-state index contributed by atoms with van der Waals surface area (Å²) in [6.45, 7) is 9.83. The number of nitriles is 1. The van der Waals surface area contributed by atoms with E-state index in [4.69, 9.17) is 0 Å². The first-order chi connectivity index (χ1) is 15.5. The lowest BCUT2D eigenvalue weighted by Gasteiger charge is -2.38. The second-order valence-electron chi connectivity index (χ2n) is 7.73. The normalized spacial score (nSPS) is 15.0. The molecule has 2 amide bonds. The molecule has 32 heavy (non-hydrogen) atoms. The predicted molar refractivity (Wildman–Crippen MR) is 125 cm³/mol. The third-order valence-electron chi connectivity index (χ3n) is 5.88. The smallest absolute Gasteiger partial charge is 0.253 e. The molecule has 1 atom stereocenters. The minimum absolute atomic E-state index is 0.0403. The van der Waals surface area contributed by atoms with Crippen molar-refractivity contribution in [3.8, 4) is 6.07 Å². The number of nitrogens with one attached hydrogen (secondary N) is 1. The highest BCUT2D eigenvalue weighted by Gasteiger charge is 2.27. The van der Waals surface area contributed by atoms with Gasteiger partial charge in [-0.05, 0) is 51.1 Å². The van der Waals surface area contributed by atoms with E-state index >= 15 is 0 Å². The number of hydrogen-bond donors (Lipinski definition) is 1. The third-order valence-corrected chi connectivity index (χ3v) is 5.88. The summed E-state index contributed by atoms with van der Waals surface area (Å²) in [5, 5.41) is 12.3. The number of hydrogen-bond acceptors (Lipinski definition) is 6. The van der Waals surface area contributed by atoms with Gasteiger partial charge in [-0.2, -0.15) is 5.26 Å². The fraction of sp³-hybridized carbons (Fsp3) is 0.417. The van der Waals surface area contributed by atoms with Gasteiger partial charge in [0.25, 0.3) is 5.91 Å². The zero-order valence-corrected chi connectivity index (χ0v) is 18.9. The fourth-order valence-corrected chi connectivity index (χ4v) is 3.89. The van der Waals surface area contributed by atoms with Gasteiger partial charge in [0.05, 0.1) is 11.6 Å². The molecule has 168 valence electrons. The molecule has 8 nitrogen and oxygen atoms in total. The van der Waals surface area contributed by atoms with Crippen LogP contribution in [0.1, 0.15) is 36.7 Å². The molecule has 2 heterocycles. The van der Waals surface area contributed by atoms with E-state index in [0.717, 1.165) is 0 Å². The van der Waals surface area contributed by atoms with Crippen LogP contribution in [0.2, 0.25) is 0 Å². The molecule has 1 N–H and O–H groups in total. The highest BCUT2D eigenvalue weighted by molar-refractivity contribution is 5.98. The minimum Gasteiger partial charge on any atom is -0.353 e. The molecule has 2 aromatic rings. The standard InChI is InChI=1S/C24H30N6O2/c1-4-28(5-2)24(32)19-8-6-10-21(16-19)27-23(31)18(3)29-12-14-30(15-13-29)22-20(17-25)9-7-11-26-22/h6-11,16,18H,4-5,12-15H2,1-3H3,(H,27,31). The van der Waals surface area contributed by atoms with Gasteiger partial charge in [-0.3, -0.25) is 14.5 Å². The molecule has 8 heteroatoms. The van der Waals surface area contributed by atoms with E-state index in [0.29, 0.717) is 61.9 Å². The van der Waals surface area contributed by atoms with Crippen LogP contribution < -0.4 is 10.2 Å². The summed E-state index contributed by atoms with van der Waals surface area (Å²) in [7, 11) is 0. The summed E-state index contributed by atoms with van der Waals surface area (Å²) in [6.07, 6.45) is 1.69. The predicted octanol–water partition coefficient (Wildman–Crippen LogP) is 2.58. The van der Waals surface area contributed by atoms with Crippen LogP contribution in [0.15, 0.2) is 42.6 Å². The van der Waals surface area contributed by atoms with E-state index in [2.05, 4.69) is 26.2 Å². The van der Waals surface area contributed by atoms with E-state index < -0.39 is 0 Å². The maximum atomic E-state index is 12.9. The Hall–Kier alpha value is -3.44. The molecule has 3 rings (SSSR count). The Morgan fingerprint density at radius 2 is 1.88 bits per heavy atom. The van der Waals surface area contributed by atoms with Gasteiger partial charge in [-0.25, -0.2) is 4.98 Å². The molecule has 0 saturated carbocycles. The first-order valence-electron chi connectivity index (χ1n) is 11.0. The average molecular weight is 435 g/mol. The summed E-state index contributed by atoms with van der Waals surface area (Å²) < 4.78 is 0. The van der Waals surface area contributed by atoms with Gasteiger partial charge in [0.1, 0.15) is 11.9 Å². The Bertz CT molecular complexity index is 990. The zero-order valence-electron chi connectivity index (χ0n) is 18.9. The van der Waals surface area contributed by atoms with E-state index in [-0.39, 0.29) is 17.9 Å². The van der Waals surface area contributed by atoms with Crippen molar-refractivity contribution >= 4 is 23.3 Å². The number of benzene rings is 1. The Morgan fingerprint density at radius 3 is 2.53 bits per heavy atom. The van der Waals surface area contributed by atoms with Crippen molar-refractivity contribution in [1.29, 1.82) is 5.26 Å². The topological polar surface area (TPSA) is 92.6 Å². The number of anilines is 2. The quantitative estimate of drug-likeness (QED) is 0.720. The van der Waals surface area contributed by atoms with Crippen LogP contribution in [0.4, 0.5) is 11.5 Å². The zero-order chi connectivity index (χ0) is 23.1. The molecule has 1 aromatic heterocycles. The lowest BCUT2D eigenvalue weighted by atomic mass is 10.1. The van der Waals surface area contributed by atoms with Gasteiger partial charge in [-0.15, -0.1) is 0 Å². The van der Waals surface area contributed by atoms with Crippen molar-refractivity contribution in [2.24, 2.45) is 0 Å². The SMILES string of the molecule is CCN(CC)C(=O)c1cccc(NC(=O)C(C)N2CCN(c3ncccc3C#N)CC2)c1. The van der Waals surface area contributed by atoms with Crippen LogP contribution >= 0.6 is 0 Å². The molecule has 1 saturated heterocycles. The van der Waals surface area contributed by atoms with Crippen molar-refractivity contribution in [3.05, 3.63) is 53.7 Å². The van der Waals surface area contributed by atoms with E-state index in [1.807, 2.05) is 20.8 Å². The number of rotatable bonds is 7. The number of piperazine rings is 1. The van der Waals surface area contributed by atoms with Gasteiger partial charge in [0.15, 0.2) is 0 Å². The van der Waals surface area contributed by atoms with Gasteiger partial charge in [0, 0.05) is 56.7 Å². The molecule has 1 aliphatic rings. The number of nitrogens with zero attached hydrogens (tertiary/aromatic N) is 5. The second-order valence-corrected chi connectivity index (χ2v) is 7.73. The van der Waals surface area contributed by atoms with E-state index in [1.165, 1.54) is 0 Å². The highest BCUT2D eigenvalue weighted by Crippen LogP contribution is 2.19. The highest BCUT2D eigenvalue weighted by atomic mass is 16.2. The maximum absolute atomic E-state index is 12.9. The monoisotopic (exact) mass is 434 g/mol. The molecule has 0 bridgehead atoms. The van der Waals surface area contributed by atoms with Gasteiger partial charge in [-0.1, -0.05) is 6.07 Å². The van der Waals surface area contributed by atoms with E-state index in [9.17, 15) is 14.9 Å². The van der Waals surface area contributed by atoms with Crippen molar-refractivity contribution in [3.63, 3.8) is 0 Å². The van der Waals surface area contributed by atoms with Gasteiger partial charge < -0.3 is 15.1 Å². The van der Waals surface area contributed by atoms with Crippen molar-refractivity contribution in [2.45, 2.75) is 26.8 Å². The Kier molecular flexibility index (Phi) is 7.79. The molecule has 1 aliphatic heterocycles. The number of pyridine rings is 1. The number of aromatic nitrogens is 1. The molecule has 0 aliphatic carbocycles. The summed E-state index contributed by atoms with van der Waals surface area (Å²) in [5.41, 5.74) is 1.74. The number of carbonyl (C=O) groups excluding carboxylic acids is 2. The van der Waals surface area contributed by atoms with Crippen LogP contribution in [0.5, 0.6) is 0 Å². The molecule has 0 spiro atoms. The fourth-order valence-electron chi connectivity index (χ4n) is 3.89. The summed E-state index contributed by atoms with van der Waals surface area (Å²) >= 11 is 0. The molecule has 1 aromatic carbocycles. The Balaban J connectivity index is 1.60. The summed E-state index contributed by atoms with van der Waals surface area (Å²) in [6, 6.07) is 12.5. The minimum atomic E-state index is -0.321. The lowest BCUT2D eigenvalue weighted by molar-refractivity contribution is -0.120. The first-order valence-corrected chi connectivity index (χ1v) is 11.0. The molecular formula is C24H30N6O2. The van der Waals surface area contributed by atoms with Crippen molar-refractivity contribution in [2.75, 3.05) is 49.5 Å². The second kappa shape index (κ2) is 10.7. The molecule has 0 radical (unpaired) electrons. The van der Waals surface area contributed by atoms with E-state index in [1.54, 1.807) is 47.5 Å². The molecular weight excluding hydrogens is 404 g/mol. The largest absolute Gasteiger partial charge is 0.353 e. The van der Waals surface area contributed by atoms with Gasteiger partial charge >= 0.3 is 0 Å². The lowest BCUT2D eigenvalue weighted by Crippen LogP contribution is -2.53. The Morgan fingerprint density at radius 1 is 1.16 bits per heavy atom. The van der Waals surface area contributed by atoms with Crippen LogP contribution in [0.3, 0.4) is 0 Å². The summed E-state index contributed by atoms with van der Waals surface area (Å²) in [5.74, 6) is 0.546. The van der Waals surface area contributed by atoms with Gasteiger partial charge in [0.2, 0.25) is 5.91 Å². The van der Waals surface area contributed by atoms with Crippen molar-refractivity contribution < 1.29 is 9.59 Å². The average Bonchev–Trinajstić information content (AvgIpc) is 2.84. The number of carbonyl (C=O) groups is 2. The maximum Gasteiger partial charge on any atom is 0.253 e. The van der Waals surface area contributed by atoms with Crippen LogP contribution in [0, 0.1) is 11.3 Å². The Labute approximate surface area is 189 Å². The third kappa shape index (κ3) is 5.24.